The zero-order chi connectivity index (χ0) is 24.8. The molecule has 1 amide bonds. The molecule has 10 nitrogen and oxygen atoms in total. The molecule has 0 fully saturated rings. The maximum atomic E-state index is 12.8. The highest BCUT2D eigenvalue weighted by Crippen LogP contribution is 2.30. The van der Waals surface area contributed by atoms with E-state index in [0.29, 0.717) is 18.2 Å². The molecule has 0 saturated carbocycles. The van der Waals surface area contributed by atoms with Gasteiger partial charge in [0.05, 0.1) is 23.0 Å². The highest BCUT2D eigenvalue weighted by atomic mass is 32.2. The van der Waals surface area contributed by atoms with E-state index in [1.165, 1.54) is 36.7 Å². The quantitative estimate of drug-likeness (QED) is 0.324. The molecule has 3 aromatic heterocycles. The Balaban J connectivity index is 1.43. The van der Waals surface area contributed by atoms with Gasteiger partial charge in [0.25, 0.3) is 5.91 Å². The van der Waals surface area contributed by atoms with Crippen molar-refractivity contribution in [3.63, 3.8) is 0 Å². The molecule has 1 N–H and O–H groups in total. The van der Waals surface area contributed by atoms with Crippen LogP contribution in [0.25, 0.3) is 11.0 Å². The standard InChI is InChI=1S/C23H29N7O3SSi/c1-35(2,3)11-9-33-16-30-7-4-17-21(27-15-28-22(17)30)29-8-10-34-20(14-29)19(31)13-26-23(32)18-12-24-5-6-25-18/h4-7,12,14-15H,8-11,13,16H2,1-3H3,(H,26,32). The number of ether oxygens (including phenoxy) is 1. The van der Waals surface area contributed by atoms with Crippen LogP contribution in [0.5, 0.6) is 0 Å². The number of ketones is 1. The highest BCUT2D eigenvalue weighted by molar-refractivity contribution is 8.04. The van der Waals surface area contributed by atoms with Crippen molar-refractivity contribution >= 4 is 48.4 Å². The number of Topliss-reactive ketones (excluding diaryl/α,β-unsaturated/α-hetero) is 1. The second kappa shape index (κ2) is 11.1. The van der Waals surface area contributed by atoms with Gasteiger partial charge in [-0.3, -0.25) is 14.6 Å². The van der Waals surface area contributed by atoms with Gasteiger partial charge in [-0.2, -0.15) is 0 Å². The highest BCUT2D eigenvalue weighted by Gasteiger charge is 2.22. The van der Waals surface area contributed by atoms with Crippen molar-refractivity contribution in [2.45, 2.75) is 32.4 Å². The maximum Gasteiger partial charge on any atom is 0.271 e. The molecule has 1 aliphatic rings. The molecule has 0 bridgehead atoms. The van der Waals surface area contributed by atoms with E-state index in [1.54, 1.807) is 6.20 Å². The third-order valence-corrected chi connectivity index (χ3v) is 8.11. The number of thioether (sulfide) groups is 1. The fraction of sp³-hybridized carbons (Fsp3) is 0.391. The van der Waals surface area contributed by atoms with Gasteiger partial charge in [0.15, 0.2) is 5.78 Å². The van der Waals surface area contributed by atoms with Crippen LogP contribution in [0.2, 0.25) is 25.7 Å². The first-order chi connectivity index (χ1) is 16.8. The van der Waals surface area contributed by atoms with E-state index in [2.05, 4.69) is 44.9 Å². The van der Waals surface area contributed by atoms with Crippen LogP contribution in [0.3, 0.4) is 0 Å². The van der Waals surface area contributed by atoms with E-state index in [0.717, 1.165) is 35.3 Å². The molecule has 1 aliphatic heterocycles. The van der Waals surface area contributed by atoms with E-state index < -0.39 is 14.0 Å². The summed E-state index contributed by atoms with van der Waals surface area (Å²) in [6.07, 6.45) is 9.57. The molecule has 4 heterocycles. The van der Waals surface area contributed by atoms with E-state index in [1.807, 2.05) is 21.7 Å². The van der Waals surface area contributed by atoms with Gasteiger partial charge in [-0.15, -0.1) is 11.8 Å². The minimum atomic E-state index is -1.14. The van der Waals surface area contributed by atoms with Crippen molar-refractivity contribution in [1.82, 2.24) is 29.8 Å². The third kappa shape index (κ3) is 6.53. The number of carbonyl (C=O) groups excluding carboxylic acids is 2. The first-order valence-corrected chi connectivity index (χ1v) is 16.1. The van der Waals surface area contributed by atoms with Crippen molar-refractivity contribution in [3.05, 3.63) is 54.0 Å². The number of carbonyl (C=O) groups is 2. The fourth-order valence-electron chi connectivity index (χ4n) is 3.44. The molecule has 3 aromatic rings. The predicted octanol–water partition coefficient (Wildman–Crippen LogP) is 2.93. The second-order valence-corrected chi connectivity index (χ2v) is 16.1. The Morgan fingerprint density at radius 2 is 2.06 bits per heavy atom. The molecule has 0 saturated heterocycles. The molecular formula is C23H29N7O3SSi. The normalized spacial score (nSPS) is 14.1. The zero-order valence-electron chi connectivity index (χ0n) is 20.1. The van der Waals surface area contributed by atoms with Crippen LogP contribution < -0.4 is 10.2 Å². The Morgan fingerprint density at radius 3 is 2.83 bits per heavy atom. The minimum Gasteiger partial charge on any atom is -0.361 e. The van der Waals surface area contributed by atoms with Crippen molar-refractivity contribution in [2.24, 2.45) is 0 Å². The Labute approximate surface area is 209 Å². The van der Waals surface area contributed by atoms with Crippen LogP contribution in [0.1, 0.15) is 10.5 Å². The number of fused-ring (bicyclic) bond motifs is 1. The van der Waals surface area contributed by atoms with E-state index in [4.69, 9.17) is 4.74 Å². The SMILES string of the molecule is C[Si](C)(C)CCOCn1ccc2c(N3C=C(C(=O)CNC(=O)c4cnccn4)SCC3)ncnc21. The lowest BCUT2D eigenvalue weighted by Crippen LogP contribution is -2.33. The molecule has 0 aliphatic carbocycles. The number of aromatic nitrogens is 5. The molecular weight excluding hydrogens is 482 g/mol. The number of nitrogens with one attached hydrogen (secondary N) is 1. The molecule has 0 spiro atoms. The largest absolute Gasteiger partial charge is 0.361 e. The molecule has 0 aromatic carbocycles. The Kier molecular flexibility index (Phi) is 7.93. The number of rotatable bonds is 10. The summed E-state index contributed by atoms with van der Waals surface area (Å²) in [5.41, 5.74) is 0.961. The predicted molar refractivity (Wildman–Crippen MR) is 139 cm³/mol. The molecule has 0 unspecified atom stereocenters. The van der Waals surface area contributed by atoms with Gasteiger partial charge >= 0.3 is 0 Å². The number of hydrogen-bond acceptors (Lipinski definition) is 9. The summed E-state index contributed by atoms with van der Waals surface area (Å²) >= 11 is 1.47. The van der Waals surface area contributed by atoms with Crippen molar-refractivity contribution < 1.29 is 14.3 Å². The first kappa shape index (κ1) is 25.0. The van der Waals surface area contributed by atoms with Gasteiger partial charge in [-0.05, 0) is 12.1 Å². The van der Waals surface area contributed by atoms with Crippen LogP contribution in [0.15, 0.2) is 48.3 Å². The minimum absolute atomic E-state index is 0.119. The van der Waals surface area contributed by atoms with Crippen LogP contribution in [-0.2, 0) is 16.3 Å². The smallest absolute Gasteiger partial charge is 0.271 e. The number of anilines is 1. The van der Waals surface area contributed by atoms with Crippen LogP contribution in [0.4, 0.5) is 5.82 Å². The Morgan fingerprint density at radius 1 is 1.20 bits per heavy atom. The second-order valence-electron chi connectivity index (χ2n) is 9.30. The van der Waals surface area contributed by atoms with Gasteiger partial charge in [-0.1, -0.05) is 19.6 Å². The lowest BCUT2D eigenvalue weighted by molar-refractivity contribution is -0.114. The topological polar surface area (TPSA) is 115 Å². The number of amides is 1. The summed E-state index contributed by atoms with van der Waals surface area (Å²) in [6, 6.07) is 3.09. The van der Waals surface area contributed by atoms with E-state index >= 15 is 0 Å². The summed E-state index contributed by atoms with van der Waals surface area (Å²) in [4.78, 5) is 44.3. The van der Waals surface area contributed by atoms with E-state index in [9.17, 15) is 9.59 Å². The monoisotopic (exact) mass is 511 g/mol. The van der Waals surface area contributed by atoms with Crippen LogP contribution >= 0.6 is 11.8 Å². The zero-order valence-corrected chi connectivity index (χ0v) is 21.9. The van der Waals surface area contributed by atoms with Gasteiger partial charge < -0.3 is 19.5 Å². The summed E-state index contributed by atoms with van der Waals surface area (Å²) in [6.45, 7) is 8.75. The Hall–Kier alpha value is -3.09. The third-order valence-electron chi connectivity index (χ3n) is 5.38. The molecule has 4 rings (SSSR count). The average molecular weight is 512 g/mol. The van der Waals surface area contributed by atoms with Gasteiger partial charge in [0.1, 0.15) is 30.2 Å². The molecule has 35 heavy (non-hydrogen) atoms. The lowest BCUT2D eigenvalue weighted by Gasteiger charge is -2.25. The average Bonchev–Trinajstić information content (AvgIpc) is 3.28. The summed E-state index contributed by atoms with van der Waals surface area (Å²) < 4.78 is 7.87. The number of nitrogens with zero attached hydrogens (tertiary/aromatic N) is 6. The first-order valence-electron chi connectivity index (χ1n) is 11.4. The van der Waals surface area contributed by atoms with Crippen LogP contribution in [-0.4, -0.2) is 69.7 Å². The van der Waals surface area contributed by atoms with Gasteiger partial charge in [-0.25, -0.2) is 15.0 Å². The van der Waals surface area contributed by atoms with Crippen molar-refractivity contribution in [1.29, 1.82) is 0 Å². The number of hydrogen-bond donors (Lipinski definition) is 1. The van der Waals surface area contributed by atoms with Crippen molar-refractivity contribution in [3.8, 4) is 0 Å². The van der Waals surface area contributed by atoms with Gasteiger partial charge in [0, 0.05) is 51.8 Å². The molecule has 0 radical (unpaired) electrons. The maximum absolute atomic E-state index is 12.8. The summed E-state index contributed by atoms with van der Waals surface area (Å²) in [5.74, 6) is 0.859. The summed E-state index contributed by atoms with van der Waals surface area (Å²) in [7, 11) is -1.14. The van der Waals surface area contributed by atoms with Gasteiger partial charge in [0.2, 0.25) is 0 Å². The molecule has 12 heteroatoms. The summed E-state index contributed by atoms with van der Waals surface area (Å²) in [5, 5.41) is 3.51. The van der Waals surface area contributed by atoms with E-state index in [-0.39, 0.29) is 18.0 Å². The Bertz CT molecular complexity index is 1230. The molecule has 184 valence electrons. The lowest BCUT2D eigenvalue weighted by atomic mass is 10.3. The fourth-order valence-corrected chi connectivity index (χ4v) is 5.14. The van der Waals surface area contributed by atoms with Crippen molar-refractivity contribution in [2.75, 3.05) is 30.3 Å². The van der Waals surface area contributed by atoms with Crippen LogP contribution in [0, 0.1) is 0 Å². The molecule has 0 atom stereocenters.